The highest BCUT2D eigenvalue weighted by molar-refractivity contribution is 7.89. The first-order valence-electron chi connectivity index (χ1n) is 8.28. The van der Waals surface area contributed by atoms with E-state index in [2.05, 4.69) is 14.7 Å². The SMILES string of the molecule is CC1CCCCC1(CN)NS(=O)(=O)c1ccc2[nH]c(=O)[nH]c(=O)c2c1.Cl. The number of sulfonamides is 1. The van der Waals surface area contributed by atoms with Gasteiger partial charge in [-0.25, -0.2) is 17.9 Å². The van der Waals surface area contributed by atoms with Crippen LogP contribution in [0.15, 0.2) is 32.7 Å². The Kier molecular flexibility index (Phi) is 5.96. The molecule has 1 aromatic carbocycles. The number of rotatable bonds is 4. The van der Waals surface area contributed by atoms with Crippen molar-refractivity contribution in [1.82, 2.24) is 14.7 Å². The van der Waals surface area contributed by atoms with E-state index in [1.165, 1.54) is 18.2 Å². The molecule has 0 saturated heterocycles. The second kappa shape index (κ2) is 7.51. The molecule has 1 fully saturated rings. The van der Waals surface area contributed by atoms with Crippen molar-refractivity contribution in [3.05, 3.63) is 39.0 Å². The van der Waals surface area contributed by atoms with Crippen molar-refractivity contribution >= 4 is 33.3 Å². The largest absolute Gasteiger partial charge is 0.329 e. The molecular weight excluding hydrogens is 380 g/mol. The highest BCUT2D eigenvalue weighted by Gasteiger charge is 2.40. The summed E-state index contributed by atoms with van der Waals surface area (Å²) in [5.41, 5.74) is 4.27. The van der Waals surface area contributed by atoms with Gasteiger partial charge in [0.25, 0.3) is 5.56 Å². The van der Waals surface area contributed by atoms with Gasteiger partial charge in [0, 0.05) is 12.1 Å². The molecule has 8 nitrogen and oxygen atoms in total. The van der Waals surface area contributed by atoms with Crippen LogP contribution < -0.4 is 21.7 Å². The maximum Gasteiger partial charge on any atom is 0.326 e. The van der Waals surface area contributed by atoms with Gasteiger partial charge in [-0.05, 0) is 37.0 Å². The molecule has 0 aliphatic heterocycles. The highest BCUT2D eigenvalue weighted by atomic mass is 35.5. The summed E-state index contributed by atoms with van der Waals surface area (Å²) in [5, 5.41) is 0.112. The Morgan fingerprint density at radius 3 is 2.65 bits per heavy atom. The zero-order chi connectivity index (χ0) is 18.2. The molecule has 0 radical (unpaired) electrons. The van der Waals surface area contributed by atoms with Crippen molar-refractivity contribution in [2.75, 3.05) is 6.54 Å². The van der Waals surface area contributed by atoms with E-state index in [0.29, 0.717) is 6.42 Å². The van der Waals surface area contributed by atoms with E-state index in [4.69, 9.17) is 5.73 Å². The van der Waals surface area contributed by atoms with E-state index in [-0.39, 0.29) is 40.7 Å². The number of nitrogens with two attached hydrogens (primary N) is 1. The molecule has 10 heteroatoms. The van der Waals surface area contributed by atoms with E-state index >= 15 is 0 Å². The Labute approximate surface area is 157 Å². The molecule has 1 aliphatic rings. The summed E-state index contributed by atoms with van der Waals surface area (Å²) in [6, 6.07) is 4.06. The van der Waals surface area contributed by atoms with E-state index in [0.717, 1.165) is 19.3 Å². The maximum absolute atomic E-state index is 12.9. The molecule has 144 valence electrons. The number of fused-ring (bicyclic) bond motifs is 1. The van der Waals surface area contributed by atoms with Crippen LogP contribution in [0.5, 0.6) is 0 Å². The van der Waals surface area contributed by atoms with Gasteiger partial charge >= 0.3 is 5.69 Å². The fourth-order valence-corrected chi connectivity index (χ4v) is 5.11. The van der Waals surface area contributed by atoms with Gasteiger partial charge in [0.1, 0.15) is 0 Å². The van der Waals surface area contributed by atoms with Crippen LogP contribution >= 0.6 is 12.4 Å². The smallest absolute Gasteiger partial charge is 0.326 e. The zero-order valence-electron chi connectivity index (χ0n) is 14.4. The molecule has 1 saturated carbocycles. The van der Waals surface area contributed by atoms with Crippen molar-refractivity contribution in [3.63, 3.8) is 0 Å². The predicted molar refractivity (Wildman–Crippen MR) is 102 cm³/mol. The van der Waals surface area contributed by atoms with Crippen molar-refractivity contribution < 1.29 is 8.42 Å². The summed E-state index contributed by atoms with van der Waals surface area (Å²) >= 11 is 0. The second-order valence-corrected chi connectivity index (χ2v) is 8.41. The first kappa shape index (κ1) is 20.6. The summed E-state index contributed by atoms with van der Waals surface area (Å²) < 4.78 is 28.5. The number of benzene rings is 1. The lowest BCUT2D eigenvalue weighted by molar-refractivity contribution is 0.191. The lowest BCUT2D eigenvalue weighted by Crippen LogP contribution is -2.58. The lowest BCUT2D eigenvalue weighted by atomic mass is 9.74. The van der Waals surface area contributed by atoms with Gasteiger partial charge < -0.3 is 10.7 Å². The minimum Gasteiger partial charge on any atom is -0.329 e. The molecule has 0 spiro atoms. The fraction of sp³-hybridized carbons (Fsp3) is 0.500. The quantitative estimate of drug-likeness (QED) is 0.599. The van der Waals surface area contributed by atoms with E-state index in [1.807, 2.05) is 6.92 Å². The van der Waals surface area contributed by atoms with E-state index in [1.54, 1.807) is 0 Å². The molecule has 5 N–H and O–H groups in total. The number of hydrogen-bond donors (Lipinski definition) is 4. The van der Waals surface area contributed by atoms with Crippen LogP contribution in [0.2, 0.25) is 0 Å². The average Bonchev–Trinajstić information content (AvgIpc) is 2.56. The van der Waals surface area contributed by atoms with Gasteiger partial charge in [-0.1, -0.05) is 19.8 Å². The summed E-state index contributed by atoms with van der Waals surface area (Å²) in [4.78, 5) is 27.8. The number of aromatic nitrogens is 2. The van der Waals surface area contributed by atoms with Crippen molar-refractivity contribution in [1.29, 1.82) is 0 Å². The first-order chi connectivity index (χ1) is 11.8. The van der Waals surface area contributed by atoms with Gasteiger partial charge in [0.2, 0.25) is 10.0 Å². The van der Waals surface area contributed by atoms with E-state index in [9.17, 15) is 18.0 Å². The molecule has 0 bridgehead atoms. The number of hydrogen-bond acceptors (Lipinski definition) is 5. The van der Waals surface area contributed by atoms with Gasteiger partial charge in [-0.3, -0.25) is 9.78 Å². The van der Waals surface area contributed by atoms with Gasteiger partial charge in [-0.2, -0.15) is 0 Å². The van der Waals surface area contributed by atoms with Crippen molar-refractivity contribution in [2.24, 2.45) is 11.7 Å². The molecule has 3 rings (SSSR count). The van der Waals surface area contributed by atoms with Crippen LogP contribution in [0.1, 0.15) is 32.6 Å². The number of halogens is 1. The minimum absolute atomic E-state index is 0. The number of nitrogens with one attached hydrogen (secondary N) is 3. The third kappa shape index (κ3) is 3.71. The maximum atomic E-state index is 12.9. The monoisotopic (exact) mass is 402 g/mol. The Bertz CT molecular complexity index is 1020. The number of H-pyrrole nitrogens is 2. The molecule has 0 amide bonds. The van der Waals surface area contributed by atoms with Crippen molar-refractivity contribution in [3.8, 4) is 0 Å². The Balaban J connectivity index is 0.00000243. The predicted octanol–water partition coefficient (Wildman–Crippen LogP) is 0.824. The molecular formula is C16H23ClN4O4S. The lowest BCUT2D eigenvalue weighted by Gasteiger charge is -2.42. The molecule has 1 aromatic heterocycles. The zero-order valence-corrected chi connectivity index (χ0v) is 16.0. The van der Waals surface area contributed by atoms with Crippen molar-refractivity contribution in [2.45, 2.75) is 43.0 Å². The van der Waals surface area contributed by atoms with Gasteiger partial charge in [-0.15, -0.1) is 12.4 Å². The molecule has 1 heterocycles. The Morgan fingerprint density at radius 2 is 2.00 bits per heavy atom. The van der Waals surface area contributed by atoms with Crippen LogP contribution in [0, 0.1) is 5.92 Å². The topological polar surface area (TPSA) is 138 Å². The van der Waals surface area contributed by atoms with Gasteiger partial charge in [0.05, 0.1) is 15.8 Å². The average molecular weight is 403 g/mol. The standard InChI is InChI=1S/C16H22N4O4S.ClH/c1-10-4-2-3-7-16(10,9-17)20-25(23,24)11-5-6-13-12(8-11)14(21)19-15(22)18-13;/h5-6,8,10,20H,2-4,7,9,17H2,1H3,(H2,18,19,21,22);1H. The Hall–Kier alpha value is -1.68. The van der Waals surface area contributed by atoms with Crippen LogP contribution in [-0.2, 0) is 10.0 Å². The molecule has 2 aromatic rings. The third-order valence-corrected chi connectivity index (χ3v) is 6.73. The van der Waals surface area contributed by atoms with Gasteiger partial charge in [0.15, 0.2) is 0 Å². The summed E-state index contributed by atoms with van der Waals surface area (Å²) in [7, 11) is -3.86. The minimum atomic E-state index is -3.86. The Morgan fingerprint density at radius 1 is 1.27 bits per heavy atom. The first-order valence-corrected chi connectivity index (χ1v) is 9.76. The van der Waals surface area contributed by atoms with Crippen LogP contribution in [0.4, 0.5) is 0 Å². The highest BCUT2D eigenvalue weighted by Crippen LogP contribution is 2.34. The summed E-state index contributed by atoms with van der Waals surface area (Å²) in [6.45, 7) is 2.22. The molecule has 1 aliphatic carbocycles. The number of aromatic amines is 2. The molecule has 2 unspecified atom stereocenters. The van der Waals surface area contributed by atoms with Crippen LogP contribution in [0.25, 0.3) is 10.9 Å². The van der Waals surface area contributed by atoms with Crippen LogP contribution in [0.3, 0.4) is 0 Å². The molecule has 26 heavy (non-hydrogen) atoms. The third-order valence-electron chi connectivity index (χ3n) is 5.18. The fourth-order valence-electron chi connectivity index (χ4n) is 3.55. The normalized spacial score (nSPS) is 23.5. The summed E-state index contributed by atoms with van der Waals surface area (Å²) in [6.07, 6.45) is 3.58. The van der Waals surface area contributed by atoms with E-state index < -0.39 is 26.8 Å². The summed E-state index contributed by atoms with van der Waals surface area (Å²) in [5.74, 6) is 0.126. The second-order valence-electron chi connectivity index (χ2n) is 6.73. The molecule has 2 atom stereocenters. The van der Waals surface area contributed by atoms with Crippen LogP contribution in [-0.4, -0.2) is 30.5 Å².